The van der Waals surface area contributed by atoms with Gasteiger partial charge in [0.2, 0.25) is 5.91 Å². The van der Waals surface area contributed by atoms with Crippen molar-refractivity contribution in [1.29, 1.82) is 0 Å². The minimum Gasteiger partial charge on any atom is -0.495 e. The van der Waals surface area contributed by atoms with Crippen LogP contribution in [0.2, 0.25) is 16.6 Å². The highest BCUT2D eigenvalue weighted by atomic mass is 28.3. The molecule has 85 heavy (non-hydrogen) atoms. The zero-order valence-electron chi connectivity index (χ0n) is 51.2. The Hall–Kier alpha value is -6.53. The van der Waals surface area contributed by atoms with Crippen molar-refractivity contribution in [2.75, 3.05) is 103 Å². The number of pyridine rings is 1. The van der Waals surface area contributed by atoms with Crippen LogP contribution in [-0.4, -0.2) is 161 Å². The minimum absolute atomic E-state index is 0.0300. The van der Waals surface area contributed by atoms with Gasteiger partial charge in [0.1, 0.15) is 48.6 Å². The number of nitrogens with zero attached hydrogens (tertiary/aromatic N) is 8. The normalized spacial score (nSPS) is 20.1. The summed E-state index contributed by atoms with van der Waals surface area (Å²) in [7, 11) is 2.44. The van der Waals surface area contributed by atoms with Crippen molar-refractivity contribution in [3.05, 3.63) is 71.4 Å². The molecule has 4 amide bonds. The zero-order chi connectivity index (χ0) is 60.5. The molecule has 0 unspecified atom stereocenters. The van der Waals surface area contributed by atoms with Gasteiger partial charge in [-0.15, -0.1) is 5.54 Å². The summed E-state index contributed by atoms with van der Waals surface area (Å²) < 4.78 is 71.9. The van der Waals surface area contributed by atoms with Gasteiger partial charge in [0.25, 0.3) is 5.91 Å². The lowest BCUT2D eigenvalue weighted by Crippen LogP contribution is -2.50. The van der Waals surface area contributed by atoms with E-state index in [9.17, 15) is 18.8 Å². The molecule has 456 valence electrons. The fourth-order valence-electron chi connectivity index (χ4n) is 14.2. The van der Waals surface area contributed by atoms with Crippen LogP contribution >= 0.6 is 0 Å². The van der Waals surface area contributed by atoms with E-state index in [-0.39, 0.29) is 77.9 Å². The number of methoxy groups -OCH3 is 2. The molecule has 2 saturated carbocycles. The first kappa shape index (κ1) is 61.6. The van der Waals surface area contributed by atoms with Crippen LogP contribution in [0.15, 0.2) is 48.7 Å². The lowest BCUT2D eigenvalue weighted by Gasteiger charge is -2.47. The van der Waals surface area contributed by atoms with Gasteiger partial charge in [-0.2, -0.15) is 9.97 Å². The highest BCUT2D eigenvalue weighted by molar-refractivity contribution is 6.90. The third-order valence-electron chi connectivity index (χ3n) is 19.2. The molecular formula is C65H84F3N9O7Si. The van der Waals surface area contributed by atoms with Crippen LogP contribution in [0.3, 0.4) is 0 Å². The van der Waals surface area contributed by atoms with Gasteiger partial charge in [-0.1, -0.05) is 60.5 Å². The number of alkyl halides is 1. The van der Waals surface area contributed by atoms with Gasteiger partial charge >= 0.3 is 12.0 Å². The van der Waals surface area contributed by atoms with Gasteiger partial charge in [0.15, 0.2) is 12.6 Å². The molecular weight excluding hydrogens is 1100 g/mol. The van der Waals surface area contributed by atoms with E-state index in [1.807, 2.05) is 4.90 Å². The van der Waals surface area contributed by atoms with Crippen molar-refractivity contribution in [3.8, 4) is 40.2 Å². The van der Waals surface area contributed by atoms with E-state index in [2.05, 4.69) is 75.0 Å². The Kier molecular flexibility index (Phi) is 18.7. The van der Waals surface area contributed by atoms with Crippen molar-refractivity contribution in [2.24, 2.45) is 17.3 Å². The second-order valence-electron chi connectivity index (χ2n) is 25.5. The molecule has 5 aromatic rings. The first-order valence-electron chi connectivity index (χ1n) is 30.5. The SMILES string of the molecule is COCOc1cc(-c2ncc3c(N(C)[C@H]4C[C@@H]4F)nc(OC[C@H](C)CN4CCN(CC5CCC6(CC5)CCN(C(=O)c5ccc(OC)c(N7CCC(=O)NC7=O)c5)CC6)CC4)nc3c2F)c2c(C#C[Si](C(C)C)(C(C)C)C(C)C)c(F)ccc2c1. The first-order chi connectivity index (χ1) is 40.7. The van der Waals surface area contributed by atoms with Crippen molar-refractivity contribution in [2.45, 2.75) is 129 Å². The number of carbonyl (C=O) groups is 3. The van der Waals surface area contributed by atoms with Crippen molar-refractivity contribution >= 4 is 59.1 Å². The number of nitrogens with one attached hydrogen (secondary N) is 1. The molecule has 5 fully saturated rings. The summed E-state index contributed by atoms with van der Waals surface area (Å²) in [5.41, 5.74) is 6.10. The summed E-state index contributed by atoms with van der Waals surface area (Å²) in [6, 6.07) is 10.6. The number of anilines is 2. The Morgan fingerprint density at radius 1 is 0.871 bits per heavy atom. The number of likely N-dealkylation sites (tertiary alicyclic amines) is 1. The topological polar surface area (TPSA) is 155 Å². The summed E-state index contributed by atoms with van der Waals surface area (Å²) in [5, 5.41) is 3.64. The number of fused-ring (bicyclic) bond motifs is 2. The highest BCUT2D eigenvalue weighted by Crippen LogP contribution is 2.48. The fraction of sp³-hybridized carbons (Fsp3) is 0.569. The summed E-state index contributed by atoms with van der Waals surface area (Å²) in [6.07, 6.45) is 7.58. The van der Waals surface area contributed by atoms with Crippen LogP contribution in [0, 0.1) is 40.3 Å². The number of aromatic nitrogens is 3. The van der Waals surface area contributed by atoms with Crippen LogP contribution < -0.4 is 29.3 Å². The number of piperazine rings is 1. The predicted molar refractivity (Wildman–Crippen MR) is 328 cm³/mol. The summed E-state index contributed by atoms with van der Waals surface area (Å²) >= 11 is 0. The number of imide groups is 1. The number of rotatable bonds is 19. The van der Waals surface area contributed by atoms with E-state index < -0.39 is 38.0 Å². The van der Waals surface area contributed by atoms with Crippen LogP contribution in [-0.2, 0) is 9.53 Å². The maximum absolute atomic E-state index is 17.7. The fourth-order valence-corrected chi connectivity index (χ4v) is 19.4. The van der Waals surface area contributed by atoms with Gasteiger partial charge in [-0.05, 0) is 108 Å². The van der Waals surface area contributed by atoms with Gasteiger partial charge in [0.05, 0.1) is 36.4 Å². The van der Waals surface area contributed by atoms with Gasteiger partial charge in [0, 0.05) is 115 Å². The third-order valence-corrected chi connectivity index (χ3v) is 25.5. The molecule has 2 aliphatic carbocycles. The Labute approximate surface area is 499 Å². The Morgan fingerprint density at radius 2 is 1.56 bits per heavy atom. The Morgan fingerprint density at radius 3 is 2.21 bits per heavy atom. The minimum atomic E-state index is -2.33. The summed E-state index contributed by atoms with van der Waals surface area (Å²) in [4.78, 5) is 62.7. The quantitative estimate of drug-likeness (QED) is 0.0474. The third kappa shape index (κ3) is 13.0. The monoisotopic (exact) mass is 1190 g/mol. The number of benzene rings is 3. The number of carbonyl (C=O) groups excluding carboxylic acids is 3. The average molecular weight is 1190 g/mol. The number of piperidine rings is 1. The van der Waals surface area contributed by atoms with Gasteiger partial charge in [-0.25, -0.2) is 18.0 Å². The Balaban J connectivity index is 0.775. The zero-order valence-corrected chi connectivity index (χ0v) is 52.2. The molecule has 10 rings (SSSR count). The van der Waals surface area contributed by atoms with Crippen LogP contribution in [0.25, 0.3) is 32.9 Å². The number of amides is 4. The van der Waals surface area contributed by atoms with E-state index in [1.165, 1.54) is 44.2 Å². The number of hydrogen-bond acceptors (Lipinski definition) is 13. The maximum Gasteiger partial charge on any atom is 0.328 e. The lowest BCUT2D eigenvalue weighted by molar-refractivity contribution is -0.120. The Bertz CT molecular complexity index is 3330. The molecule has 0 radical (unpaired) electrons. The standard InChI is InChI=1S/C65H84F3N9O7Si/c1-40(2)85(41(3)4,42(5)6)30-18-48-51(66)13-11-45-31-47(84-39-81-9)33-49(57(45)48)59-58(68)60-50(35-69-59)61(73(8)53-34-52(53)67)72-63(71-60)83-38-43(7)36-74-26-28-75(29-27-74)37-44-15-19-65(20-16-44)21-24-76(25-22-65)62(79)46-12-14-55(82-10)54(32-46)77-23-17-56(78)70-64(77)80/h11-14,31-33,35,40-44,52-53H,15-17,19-29,34,36-39H2,1-10H3,(H,70,78,80)/t43-,52+,53+/m1/s1. The smallest absolute Gasteiger partial charge is 0.328 e. The van der Waals surface area contributed by atoms with Crippen LogP contribution in [0.1, 0.15) is 116 Å². The lowest BCUT2D eigenvalue weighted by atomic mass is 9.65. The molecule has 5 heterocycles. The number of ether oxygens (including phenoxy) is 4. The molecule has 0 bridgehead atoms. The molecule has 3 atom stereocenters. The first-order valence-corrected chi connectivity index (χ1v) is 32.8. The second-order valence-corrected chi connectivity index (χ2v) is 31.1. The number of urea groups is 1. The largest absolute Gasteiger partial charge is 0.495 e. The maximum atomic E-state index is 17.7. The molecule has 20 heteroatoms. The van der Waals surface area contributed by atoms with Gasteiger partial charge < -0.3 is 38.5 Å². The predicted octanol–water partition coefficient (Wildman–Crippen LogP) is 11.4. The summed E-state index contributed by atoms with van der Waals surface area (Å²) in [5.74, 6) is 3.52. The molecule has 5 aliphatic rings. The van der Waals surface area contributed by atoms with E-state index >= 15 is 8.78 Å². The van der Waals surface area contributed by atoms with Crippen molar-refractivity contribution < 1.29 is 46.5 Å². The number of hydrogen-bond donors (Lipinski definition) is 1. The molecule has 16 nitrogen and oxygen atoms in total. The molecule has 1 N–H and O–H groups in total. The second kappa shape index (κ2) is 25.8. The van der Waals surface area contributed by atoms with E-state index in [4.69, 9.17) is 33.9 Å². The molecule has 3 aliphatic heterocycles. The van der Waals surface area contributed by atoms with Gasteiger partial charge in [-0.3, -0.25) is 24.8 Å². The van der Waals surface area contributed by atoms with Crippen LogP contribution in [0.4, 0.5) is 29.5 Å². The average Bonchev–Trinajstić information content (AvgIpc) is 3.96. The van der Waals surface area contributed by atoms with E-state index in [0.717, 1.165) is 65.0 Å². The molecule has 1 spiro atoms. The van der Waals surface area contributed by atoms with E-state index in [1.54, 1.807) is 48.3 Å². The van der Waals surface area contributed by atoms with Crippen LogP contribution in [0.5, 0.6) is 17.5 Å². The molecule has 2 aromatic heterocycles. The number of halogens is 3. The van der Waals surface area contributed by atoms with Crippen molar-refractivity contribution in [3.63, 3.8) is 0 Å². The van der Waals surface area contributed by atoms with Crippen molar-refractivity contribution in [1.82, 2.24) is 35.0 Å². The molecule has 3 aromatic carbocycles. The highest BCUT2D eigenvalue weighted by Gasteiger charge is 2.44. The molecule has 3 saturated heterocycles. The summed E-state index contributed by atoms with van der Waals surface area (Å²) in [6.45, 7) is 22.8. The van der Waals surface area contributed by atoms with E-state index in [0.29, 0.717) is 86.8 Å².